The maximum absolute atomic E-state index is 6.07. The molecule has 0 saturated heterocycles. The molecule has 4 heteroatoms. The third-order valence-corrected chi connectivity index (χ3v) is 3.58. The van der Waals surface area contributed by atoms with E-state index in [9.17, 15) is 0 Å². The van der Waals surface area contributed by atoms with Gasteiger partial charge < -0.3 is 4.90 Å². The van der Waals surface area contributed by atoms with Gasteiger partial charge in [-0.3, -0.25) is 0 Å². The first-order valence-electron chi connectivity index (χ1n) is 6.33. The van der Waals surface area contributed by atoms with Crippen LogP contribution in [0.5, 0.6) is 0 Å². The molecule has 1 aromatic heterocycles. The van der Waals surface area contributed by atoms with Gasteiger partial charge >= 0.3 is 0 Å². The molecule has 0 N–H and O–H groups in total. The lowest BCUT2D eigenvalue weighted by Gasteiger charge is -2.25. The van der Waals surface area contributed by atoms with Crippen LogP contribution in [0.4, 0.5) is 5.82 Å². The smallest absolute Gasteiger partial charge is 0.137 e. The maximum atomic E-state index is 6.07. The number of anilines is 1. The van der Waals surface area contributed by atoms with Gasteiger partial charge in [0.25, 0.3) is 0 Å². The molecule has 2 rings (SSSR count). The Hall–Kier alpha value is -0.830. The summed E-state index contributed by atoms with van der Waals surface area (Å²) >= 11 is 6.07. The van der Waals surface area contributed by atoms with Gasteiger partial charge in [0.05, 0.1) is 0 Å². The fraction of sp³-hybridized carbons (Fsp3) is 0.692. The van der Waals surface area contributed by atoms with Gasteiger partial charge in [0.15, 0.2) is 0 Å². The van der Waals surface area contributed by atoms with E-state index < -0.39 is 0 Å². The maximum Gasteiger partial charge on any atom is 0.137 e. The summed E-state index contributed by atoms with van der Waals surface area (Å²) < 4.78 is 0. The van der Waals surface area contributed by atoms with Crippen LogP contribution >= 0.6 is 11.6 Å². The summed E-state index contributed by atoms with van der Waals surface area (Å²) in [4.78, 5) is 10.8. The summed E-state index contributed by atoms with van der Waals surface area (Å²) in [5, 5.41) is 0.574. The fourth-order valence-corrected chi connectivity index (χ4v) is 2.08. The molecule has 0 bridgehead atoms. The number of hydrogen-bond acceptors (Lipinski definition) is 3. The summed E-state index contributed by atoms with van der Waals surface area (Å²) in [6.45, 7) is 7.58. The quantitative estimate of drug-likeness (QED) is 0.753. The molecule has 0 radical (unpaired) electrons. The molecule has 0 amide bonds. The molecule has 1 aromatic rings. The van der Waals surface area contributed by atoms with Crippen molar-refractivity contribution in [2.75, 3.05) is 11.4 Å². The molecular formula is C13H20ClN3. The van der Waals surface area contributed by atoms with Crippen LogP contribution in [0.15, 0.2) is 6.33 Å². The number of hydrogen-bond donors (Lipinski definition) is 0. The highest BCUT2D eigenvalue weighted by Gasteiger charge is 2.31. The molecule has 1 aliphatic rings. The lowest BCUT2D eigenvalue weighted by atomic mass is 10.1. The zero-order chi connectivity index (χ0) is 12.4. The minimum atomic E-state index is 0.574. The average molecular weight is 254 g/mol. The van der Waals surface area contributed by atoms with E-state index in [1.54, 1.807) is 6.33 Å². The van der Waals surface area contributed by atoms with Gasteiger partial charge in [-0.05, 0) is 32.1 Å². The highest BCUT2D eigenvalue weighted by molar-refractivity contribution is 6.30. The number of halogens is 1. The molecule has 3 nitrogen and oxygen atoms in total. The second-order valence-electron chi connectivity index (χ2n) is 5.22. The van der Waals surface area contributed by atoms with Gasteiger partial charge in [0.2, 0.25) is 0 Å². The third-order valence-electron chi connectivity index (χ3n) is 3.20. The molecule has 1 saturated carbocycles. The molecule has 0 atom stereocenters. The van der Waals surface area contributed by atoms with Gasteiger partial charge in [-0.2, -0.15) is 0 Å². The average Bonchev–Trinajstić information content (AvgIpc) is 3.08. The lowest BCUT2D eigenvalue weighted by molar-refractivity contribution is 0.567. The first-order valence-corrected chi connectivity index (χ1v) is 6.71. The summed E-state index contributed by atoms with van der Waals surface area (Å²) in [5.41, 5.74) is 1.00. The van der Waals surface area contributed by atoms with Crippen molar-refractivity contribution in [3.05, 3.63) is 17.0 Å². The molecule has 1 aliphatic carbocycles. The summed E-state index contributed by atoms with van der Waals surface area (Å²) in [5.74, 6) is 1.74. The Morgan fingerprint density at radius 3 is 2.71 bits per heavy atom. The van der Waals surface area contributed by atoms with Crippen LogP contribution in [0.3, 0.4) is 0 Å². The van der Waals surface area contributed by atoms with Crippen LogP contribution in [-0.2, 0) is 0 Å². The van der Waals surface area contributed by atoms with Crippen LogP contribution < -0.4 is 4.90 Å². The monoisotopic (exact) mass is 253 g/mol. The molecule has 0 spiro atoms. The van der Waals surface area contributed by atoms with E-state index in [4.69, 9.17) is 11.6 Å². The van der Waals surface area contributed by atoms with Crippen LogP contribution in [0, 0.1) is 12.8 Å². The van der Waals surface area contributed by atoms with Gasteiger partial charge in [0.1, 0.15) is 17.3 Å². The largest absolute Gasteiger partial charge is 0.353 e. The molecule has 94 valence electrons. The normalized spacial score (nSPS) is 15.4. The Morgan fingerprint density at radius 2 is 2.12 bits per heavy atom. The van der Waals surface area contributed by atoms with E-state index in [1.807, 2.05) is 6.92 Å². The predicted octanol–water partition coefficient (Wildman–Crippen LogP) is 3.45. The fourth-order valence-electron chi connectivity index (χ4n) is 1.95. The van der Waals surface area contributed by atoms with E-state index in [2.05, 4.69) is 28.7 Å². The second kappa shape index (κ2) is 5.21. The van der Waals surface area contributed by atoms with E-state index >= 15 is 0 Å². The van der Waals surface area contributed by atoms with Crippen molar-refractivity contribution in [2.45, 2.75) is 46.1 Å². The molecule has 0 aromatic carbocycles. The van der Waals surface area contributed by atoms with Crippen molar-refractivity contribution >= 4 is 17.4 Å². The number of aromatic nitrogens is 2. The Morgan fingerprint density at radius 1 is 1.41 bits per heavy atom. The standard InChI is InChI=1S/C13H20ClN3/c1-9(2)6-7-17(11-4-5-11)13-10(3)12(14)15-8-16-13/h8-9,11H,4-7H2,1-3H3. The second-order valence-corrected chi connectivity index (χ2v) is 5.58. The minimum absolute atomic E-state index is 0.574. The van der Waals surface area contributed by atoms with Gasteiger partial charge in [-0.15, -0.1) is 0 Å². The molecule has 0 aliphatic heterocycles. The Bertz CT molecular complexity index is 388. The zero-order valence-electron chi connectivity index (χ0n) is 10.8. The third kappa shape index (κ3) is 3.09. The van der Waals surface area contributed by atoms with Crippen LogP contribution in [0.2, 0.25) is 5.15 Å². The van der Waals surface area contributed by atoms with Gasteiger partial charge in [-0.25, -0.2) is 9.97 Å². The number of nitrogens with zero attached hydrogens (tertiary/aromatic N) is 3. The van der Waals surface area contributed by atoms with Gasteiger partial charge in [-0.1, -0.05) is 25.4 Å². The van der Waals surface area contributed by atoms with Crippen molar-refractivity contribution in [3.8, 4) is 0 Å². The SMILES string of the molecule is Cc1c(Cl)ncnc1N(CCC(C)C)C1CC1. The topological polar surface area (TPSA) is 29.0 Å². The van der Waals surface area contributed by atoms with Gasteiger partial charge in [0, 0.05) is 18.2 Å². The van der Waals surface area contributed by atoms with Crippen LogP contribution in [-0.4, -0.2) is 22.6 Å². The van der Waals surface area contributed by atoms with Crippen LogP contribution in [0.25, 0.3) is 0 Å². The molecule has 1 fully saturated rings. The molecule has 0 unspecified atom stereocenters. The molecule has 1 heterocycles. The van der Waals surface area contributed by atoms with E-state index in [-0.39, 0.29) is 0 Å². The van der Waals surface area contributed by atoms with Crippen molar-refractivity contribution < 1.29 is 0 Å². The predicted molar refractivity (Wildman–Crippen MR) is 71.6 cm³/mol. The van der Waals surface area contributed by atoms with E-state index in [1.165, 1.54) is 19.3 Å². The van der Waals surface area contributed by atoms with Crippen molar-refractivity contribution in [1.29, 1.82) is 0 Å². The lowest BCUT2D eigenvalue weighted by Crippen LogP contribution is -2.29. The number of rotatable bonds is 5. The van der Waals surface area contributed by atoms with Crippen molar-refractivity contribution in [2.24, 2.45) is 5.92 Å². The Balaban J connectivity index is 2.17. The summed E-state index contributed by atoms with van der Waals surface area (Å²) in [6, 6.07) is 0.665. The Kier molecular flexibility index (Phi) is 3.87. The highest BCUT2D eigenvalue weighted by Crippen LogP contribution is 2.33. The van der Waals surface area contributed by atoms with E-state index in [0.717, 1.165) is 17.9 Å². The molecule has 17 heavy (non-hydrogen) atoms. The first kappa shape index (κ1) is 12.6. The highest BCUT2D eigenvalue weighted by atomic mass is 35.5. The van der Waals surface area contributed by atoms with E-state index in [0.29, 0.717) is 17.1 Å². The first-order chi connectivity index (χ1) is 8.09. The summed E-state index contributed by atoms with van der Waals surface area (Å²) in [7, 11) is 0. The zero-order valence-corrected chi connectivity index (χ0v) is 11.5. The Labute approximate surface area is 108 Å². The van der Waals surface area contributed by atoms with Crippen molar-refractivity contribution in [3.63, 3.8) is 0 Å². The summed E-state index contributed by atoms with van der Waals surface area (Å²) in [6.07, 6.45) is 5.31. The molecular weight excluding hydrogens is 234 g/mol. The van der Waals surface area contributed by atoms with Crippen molar-refractivity contribution in [1.82, 2.24) is 9.97 Å². The minimum Gasteiger partial charge on any atom is -0.353 e. The van der Waals surface area contributed by atoms with Crippen LogP contribution in [0.1, 0.15) is 38.7 Å².